The first-order valence-electron chi connectivity index (χ1n) is 10.6. The second-order valence-corrected chi connectivity index (χ2v) is 8.64. The molecule has 0 spiro atoms. The highest BCUT2D eigenvalue weighted by Gasteiger charge is 2.29. The normalized spacial score (nSPS) is 16.9. The van der Waals surface area contributed by atoms with Crippen molar-refractivity contribution in [3.05, 3.63) is 83.4 Å². The monoisotopic (exact) mass is 446 g/mol. The minimum atomic E-state index is -0.111. The number of carbonyl (C=O) groups excluding carboxylic acids is 2. The quantitative estimate of drug-likeness (QED) is 0.547. The van der Waals surface area contributed by atoms with E-state index in [0.29, 0.717) is 17.4 Å². The number of likely N-dealkylation sites (N-methyl/N-ethyl adjacent to an activating group) is 1. The summed E-state index contributed by atoms with van der Waals surface area (Å²) in [5.41, 5.74) is 2.56. The van der Waals surface area contributed by atoms with Gasteiger partial charge < -0.3 is 9.80 Å². The van der Waals surface area contributed by atoms with Crippen LogP contribution in [0.15, 0.2) is 72.1 Å². The molecular weight excluding hydrogens is 420 g/mol. The van der Waals surface area contributed by atoms with Crippen molar-refractivity contribution in [2.75, 3.05) is 31.6 Å². The molecule has 7 heteroatoms. The minimum Gasteiger partial charge on any atom is -0.330 e. The summed E-state index contributed by atoms with van der Waals surface area (Å²) in [6, 6.07) is 19.6. The van der Waals surface area contributed by atoms with E-state index < -0.39 is 0 Å². The molecule has 1 fully saturated rings. The summed E-state index contributed by atoms with van der Waals surface area (Å²) in [5, 5.41) is 2.44. The molecule has 3 aromatic rings. The van der Waals surface area contributed by atoms with Gasteiger partial charge in [0.2, 0.25) is 11.8 Å². The van der Waals surface area contributed by atoms with E-state index in [4.69, 9.17) is 0 Å². The van der Waals surface area contributed by atoms with Crippen molar-refractivity contribution in [3.63, 3.8) is 0 Å². The number of para-hydroxylation sites is 1. The van der Waals surface area contributed by atoms with E-state index in [0.717, 1.165) is 24.3 Å². The summed E-state index contributed by atoms with van der Waals surface area (Å²) in [7, 11) is 2.08. The third-order valence-corrected chi connectivity index (χ3v) is 6.32. The van der Waals surface area contributed by atoms with E-state index in [1.54, 1.807) is 17.1 Å². The highest BCUT2D eigenvalue weighted by Crippen LogP contribution is 2.29. The third-order valence-electron chi connectivity index (χ3n) is 5.48. The number of benzene rings is 2. The Kier molecular flexibility index (Phi) is 6.78. The van der Waals surface area contributed by atoms with Crippen molar-refractivity contribution in [1.29, 1.82) is 0 Å². The van der Waals surface area contributed by atoms with Gasteiger partial charge in [-0.15, -0.1) is 11.3 Å². The summed E-state index contributed by atoms with van der Waals surface area (Å²) in [6.07, 6.45) is 3.31. The van der Waals surface area contributed by atoms with Crippen LogP contribution in [-0.4, -0.2) is 53.3 Å². The molecule has 0 radical (unpaired) electrons. The number of amides is 2. The number of hydrogen-bond acceptors (Lipinski definition) is 5. The molecule has 1 aliphatic rings. The zero-order valence-electron chi connectivity index (χ0n) is 18.2. The van der Waals surface area contributed by atoms with E-state index in [1.807, 2.05) is 58.8 Å². The Balaban J connectivity index is 1.51. The lowest BCUT2D eigenvalue weighted by atomic mass is 10.0. The minimum absolute atomic E-state index is 0.0179. The smallest absolute Gasteiger partial charge is 0.247 e. The number of hydrogen-bond donors (Lipinski definition) is 0. The Hall–Kier alpha value is -3.29. The maximum Gasteiger partial charge on any atom is 0.247 e. The second-order valence-electron chi connectivity index (χ2n) is 7.80. The van der Waals surface area contributed by atoms with Crippen LogP contribution in [0.5, 0.6) is 0 Å². The van der Waals surface area contributed by atoms with Gasteiger partial charge in [0.25, 0.3) is 0 Å². The van der Waals surface area contributed by atoms with Gasteiger partial charge in [0, 0.05) is 38.0 Å². The Morgan fingerprint density at radius 3 is 2.44 bits per heavy atom. The summed E-state index contributed by atoms with van der Waals surface area (Å²) in [6.45, 7) is 3.84. The van der Waals surface area contributed by atoms with E-state index in [1.165, 1.54) is 18.3 Å². The topological polar surface area (TPSA) is 56.8 Å². The molecule has 0 bridgehead atoms. The van der Waals surface area contributed by atoms with Gasteiger partial charge >= 0.3 is 0 Å². The fourth-order valence-corrected chi connectivity index (χ4v) is 4.71. The fourth-order valence-electron chi connectivity index (χ4n) is 3.86. The van der Waals surface area contributed by atoms with Crippen molar-refractivity contribution in [1.82, 2.24) is 14.8 Å². The van der Waals surface area contributed by atoms with Gasteiger partial charge in [0.1, 0.15) is 0 Å². The first kappa shape index (κ1) is 21.9. The van der Waals surface area contributed by atoms with Crippen LogP contribution in [0.4, 0.5) is 10.8 Å². The van der Waals surface area contributed by atoms with E-state index in [-0.39, 0.29) is 17.9 Å². The Morgan fingerprint density at radius 1 is 1.06 bits per heavy atom. The number of aromatic nitrogens is 1. The number of anilines is 2. The molecule has 0 aliphatic carbocycles. The highest BCUT2D eigenvalue weighted by atomic mass is 32.1. The average Bonchev–Trinajstić information content (AvgIpc) is 3.27. The number of nitrogens with zero attached hydrogens (tertiary/aromatic N) is 4. The zero-order chi connectivity index (χ0) is 22.5. The van der Waals surface area contributed by atoms with Crippen molar-refractivity contribution < 1.29 is 9.59 Å². The Morgan fingerprint density at radius 2 is 1.75 bits per heavy atom. The first-order valence-corrected chi connectivity index (χ1v) is 11.4. The number of carbonyl (C=O) groups is 2. The third kappa shape index (κ3) is 4.95. The fraction of sp³-hybridized carbons (Fsp3) is 0.240. The number of thiazole rings is 1. The maximum absolute atomic E-state index is 13.1. The Labute approximate surface area is 192 Å². The van der Waals surface area contributed by atoms with E-state index in [2.05, 4.69) is 29.1 Å². The molecule has 6 nitrogen and oxygen atoms in total. The van der Waals surface area contributed by atoms with Crippen molar-refractivity contribution in [2.24, 2.45) is 0 Å². The standard InChI is InChI=1S/C25H26N4O2S/c1-19(30)29(22-11-7-4-8-12-22)25-26-21(18-32-25)13-14-24(31)28-16-15-27(2)17-23(28)20-9-5-3-6-10-20/h3-14,18,23H,15-17H2,1-2H3. The lowest BCUT2D eigenvalue weighted by Gasteiger charge is -2.39. The van der Waals surface area contributed by atoms with Gasteiger partial charge in [0.15, 0.2) is 5.13 Å². The van der Waals surface area contributed by atoms with Gasteiger partial charge in [-0.1, -0.05) is 48.5 Å². The molecule has 4 rings (SSSR count). The molecule has 2 aromatic carbocycles. The van der Waals surface area contributed by atoms with E-state index >= 15 is 0 Å². The lowest BCUT2D eigenvalue weighted by molar-refractivity contribution is -0.130. The SMILES string of the molecule is CC(=O)N(c1ccccc1)c1nc(C=CC(=O)N2CCN(C)CC2c2ccccc2)cs1. The number of rotatable bonds is 5. The Bertz CT molecular complexity index is 1100. The van der Waals surface area contributed by atoms with Crippen LogP contribution in [0, 0.1) is 0 Å². The van der Waals surface area contributed by atoms with Gasteiger partial charge in [-0.05, 0) is 30.8 Å². The predicted octanol–water partition coefficient (Wildman–Crippen LogP) is 4.36. The zero-order valence-corrected chi connectivity index (χ0v) is 19.0. The van der Waals surface area contributed by atoms with Crippen LogP contribution in [0.2, 0.25) is 0 Å². The predicted molar refractivity (Wildman–Crippen MR) is 129 cm³/mol. The highest BCUT2D eigenvalue weighted by molar-refractivity contribution is 7.14. The summed E-state index contributed by atoms with van der Waals surface area (Å²) in [4.78, 5) is 35.6. The van der Waals surface area contributed by atoms with Crippen molar-refractivity contribution in [3.8, 4) is 0 Å². The van der Waals surface area contributed by atoms with Crippen LogP contribution in [-0.2, 0) is 9.59 Å². The summed E-state index contributed by atoms with van der Waals surface area (Å²) < 4.78 is 0. The summed E-state index contributed by atoms with van der Waals surface area (Å²) >= 11 is 1.38. The van der Waals surface area contributed by atoms with Crippen LogP contribution in [0.25, 0.3) is 6.08 Å². The molecule has 1 unspecified atom stereocenters. The first-order chi connectivity index (χ1) is 15.5. The van der Waals surface area contributed by atoms with E-state index in [9.17, 15) is 9.59 Å². The largest absolute Gasteiger partial charge is 0.330 e. The molecule has 2 heterocycles. The van der Waals surface area contributed by atoms with Crippen LogP contribution < -0.4 is 4.90 Å². The maximum atomic E-state index is 13.1. The molecule has 164 valence electrons. The molecule has 2 amide bonds. The summed E-state index contributed by atoms with van der Waals surface area (Å²) in [5.74, 6) is -0.145. The molecule has 1 saturated heterocycles. The van der Waals surface area contributed by atoms with Crippen molar-refractivity contribution in [2.45, 2.75) is 13.0 Å². The van der Waals surface area contributed by atoms with Gasteiger partial charge in [-0.25, -0.2) is 4.98 Å². The molecule has 1 aromatic heterocycles. The van der Waals surface area contributed by atoms with Crippen LogP contribution in [0.1, 0.15) is 24.2 Å². The van der Waals surface area contributed by atoms with Crippen LogP contribution >= 0.6 is 11.3 Å². The molecule has 1 aliphatic heterocycles. The molecule has 0 N–H and O–H groups in total. The molecular formula is C25H26N4O2S. The molecule has 0 saturated carbocycles. The average molecular weight is 447 g/mol. The van der Waals surface area contributed by atoms with Gasteiger partial charge in [0.05, 0.1) is 17.4 Å². The molecule has 1 atom stereocenters. The molecule has 32 heavy (non-hydrogen) atoms. The second kappa shape index (κ2) is 9.89. The van der Waals surface area contributed by atoms with Crippen molar-refractivity contribution >= 4 is 40.0 Å². The van der Waals surface area contributed by atoms with Crippen LogP contribution in [0.3, 0.4) is 0 Å². The van der Waals surface area contributed by atoms with Gasteiger partial charge in [-0.3, -0.25) is 14.5 Å². The lowest BCUT2D eigenvalue weighted by Crippen LogP contribution is -2.48. The van der Waals surface area contributed by atoms with Gasteiger partial charge in [-0.2, -0.15) is 0 Å². The number of piperazine rings is 1.